The molecule has 6 nitrogen and oxygen atoms in total. The number of rotatable bonds is 4. The Hall–Kier alpha value is -0.820. The van der Waals surface area contributed by atoms with Crippen molar-refractivity contribution in [1.82, 2.24) is 10.6 Å². The van der Waals surface area contributed by atoms with Crippen LogP contribution in [-0.2, 0) is 10.1 Å². The topological polar surface area (TPSA) is 98.3 Å². The average molecular weight is 237 g/mol. The van der Waals surface area contributed by atoms with Gasteiger partial charge in [-0.3, -0.25) is 0 Å². The van der Waals surface area contributed by atoms with Crippen LogP contribution in [0, 0.1) is 0 Å². The summed E-state index contributed by atoms with van der Waals surface area (Å²) in [6.45, 7) is 5.65. The predicted octanol–water partition coefficient (Wildman–Crippen LogP) is 0.0194. The number of carbonyl (C=O) groups excluding carboxylic acids is 1. The number of urea groups is 1. The molecule has 0 aromatic heterocycles. The summed E-state index contributed by atoms with van der Waals surface area (Å²) in [5, 5.41) is 5.10. The minimum Gasteiger partial charge on any atom is -0.748 e. The molecule has 0 fully saturated rings. The van der Waals surface area contributed by atoms with Crippen LogP contribution in [0.2, 0.25) is 0 Å². The Morgan fingerprint density at radius 1 is 1.33 bits per heavy atom. The van der Waals surface area contributed by atoms with Crippen molar-refractivity contribution < 1.29 is 17.8 Å². The van der Waals surface area contributed by atoms with E-state index in [-0.39, 0.29) is 24.5 Å². The minimum atomic E-state index is -4.18. The molecule has 0 atom stereocenters. The van der Waals surface area contributed by atoms with Crippen LogP contribution in [0.3, 0.4) is 0 Å². The summed E-state index contributed by atoms with van der Waals surface area (Å²) < 4.78 is 30.7. The molecule has 0 saturated carbocycles. The van der Waals surface area contributed by atoms with Crippen molar-refractivity contribution in [2.45, 2.75) is 32.7 Å². The zero-order chi connectivity index (χ0) is 12.1. The average Bonchev–Trinajstić information content (AvgIpc) is 1.92. The lowest BCUT2D eigenvalue weighted by Gasteiger charge is -2.20. The molecule has 7 heteroatoms. The fraction of sp³-hybridized carbons (Fsp3) is 0.875. The van der Waals surface area contributed by atoms with Crippen LogP contribution >= 0.6 is 0 Å². The van der Waals surface area contributed by atoms with Gasteiger partial charge in [-0.25, -0.2) is 13.2 Å². The maximum Gasteiger partial charge on any atom is 0.315 e. The first-order chi connectivity index (χ1) is 6.60. The van der Waals surface area contributed by atoms with E-state index in [1.807, 2.05) is 20.8 Å². The highest BCUT2D eigenvalue weighted by Gasteiger charge is 2.12. The van der Waals surface area contributed by atoms with Gasteiger partial charge < -0.3 is 15.2 Å². The maximum absolute atomic E-state index is 11.1. The van der Waals surface area contributed by atoms with E-state index in [9.17, 15) is 17.8 Å². The normalized spacial score (nSPS) is 12.3. The van der Waals surface area contributed by atoms with E-state index in [1.54, 1.807) is 0 Å². The molecule has 0 saturated heterocycles. The molecule has 0 heterocycles. The molecule has 0 unspecified atom stereocenters. The van der Waals surface area contributed by atoms with E-state index in [1.165, 1.54) is 0 Å². The lowest BCUT2D eigenvalue weighted by molar-refractivity contribution is 0.232. The molecular weight excluding hydrogens is 220 g/mol. The third-order valence-electron chi connectivity index (χ3n) is 1.35. The van der Waals surface area contributed by atoms with Crippen LogP contribution in [0.4, 0.5) is 4.79 Å². The highest BCUT2D eigenvalue weighted by atomic mass is 32.2. The monoisotopic (exact) mass is 237 g/mol. The van der Waals surface area contributed by atoms with E-state index in [0.717, 1.165) is 0 Å². The predicted molar refractivity (Wildman–Crippen MR) is 55.5 cm³/mol. The van der Waals surface area contributed by atoms with Crippen molar-refractivity contribution in [2.24, 2.45) is 0 Å². The number of amides is 2. The SMILES string of the molecule is CC(C)(C)NC(=O)NCCCS(=O)(=O)[O-]. The second kappa shape index (κ2) is 5.32. The van der Waals surface area contributed by atoms with Crippen molar-refractivity contribution in [1.29, 1.82) is 0 Å². The van der Waals surface area contributed by atoms with E-state index in [2.05, 4.69) is 10.6 Å². The summed E-state index contributed by atoms with van der Waals surface area (Å²) in [5.41, 5.74) is -0.339. The second-order valence-corrected chi connectivity index (χ2v) is 5.77. The second-order valence-electron chi connectivity index (χ2n) is 4.25. The highest BCUT2D eigenvalue weighted by Crippen LogP contribution is 1.97. The van der Waals surface area contributed by atoms with Crippen LogP contribution in [0.15, 0.2) is 0 Å². The highest BCUT2D eigenvalue weighted by molar-refractivity contribution is 7.85. The summed E-state index contributed by atoms with van der Waals surface area (Å²) in [4.78, 5) is 11.1. The number of hydrogen-bond acceptors (Lipinski definition) is 4. The zero-order valence-corrected chi connectivity index (χ0v) is 9.98. The molecule has 15 heavy (non-hydrogen) atoms. The summed E-state index contributed by atoms with van der Waals surface area (Å²) in [7, 11) is -4.18. The van der Waals surface area contributed by atoms with E-state index < -0.39 is 15.9 Å². The molecule has 0 aromatic carbocycles. The molecule has 0 aliphatic carbocycles. The molecule has 0 aliphatic rings. The van der Waals surface area contributed by atoms with Crippen molar-refractivity contribution in [3.8, 4) is 0 Å². The Kier molecular flexibility index (Phi) is 5.02. The van der Waals surface area contributed by atoms with Gasteiger partial charge in [-0.05, 0) is 27.2 Å². The summed E-state index contributed by atoms with van der Waals surface area (Å²) in [5.74, 6) is -0.456. The van der Waals surface area contributed by atoms with Gasteiger partial charge in [0, 0.05) is 17.8 Å². The standard InChI is InChI=1S/C8H18N2O4S/c1-8(2,3)10-7(11)9-5-4-6-15(12,13)14/h4-6H2,1-3H3,(H2,9,10,11)(H,12,13,14)/p-1. The largest absolute Gasteiger partial charge is 0.748 e. The summed E-state index contributed by atoms with van der Waals surface area (Å²) >= 11 is 0. The van der Waals surface area contributed by atoms with Crippen LogP contribution in [0.5, 0.6) is 0 Å². The van der Waals surface area contributed by atoms with Crippen molar-refractivity contribution in [3.63, 3.8) is 0 Å². The Morgan fingerprint density at radius 2 is 1.87 bits per heavy atom. The Labute approximate surface area is 90.2 Å². The smallest absolute Gasteiger partial charge is 0.315 e. The Morgan fingerprint density at radius 3 is 2.27 bits per heavy atom. The third kappa shape index (κ3) is 11.1. The molecule has 0 spiro atoms. The molecule has 0 radical (unpaired) electrons. The fourth-order valence-electron chi connectivity index (χ4n) is 0.836. The molecule has 2 amide bonds. The van der Waals surface area contributed by atoms with E-state index in [0.29, 0.717) is 0 Å². The van der Waals surface area contributed by atoms with Crippen molar-refractivity contribution in [3.05, 3.63) is 0 Å². The quantitative estimate of drug-likeness (QED) is 0.532. The van der Waals surface area contributed by atoms with E-state index >= 15 is 0 Å². The molecule has 2 N–H and O–H groups in total. The third-order valence-corrected chi connectivity index (χ3v) is 2.13. The summed E-state index contributed by atoms with van der Waals surface area (Å²) in [6.07, 6.45) is 0.128. The van der Waals surface area contributed by atoms with Gasteiger partial charge in [-0.1, -0.05) is 0 Å². The Bertz CT molecular complexity index is 305. The van der Waals surface area contributed by atoms with Gasteiger partial charge in [-0.15, -0.1) is 0 Å². The number of nitrogens with one attached hydrogen (secondary N) is 2. The molecule has 0 bridgehead atoms. The number of hydrogen-bond donors (Lipinski definition) is 2. The van der Waals surface area contributed by atoms with E-state index in [4.69, 9.17) is 0 Å². The first-order valence-corrected chi connectivity index (χ1v) is 6.17. The molecule has 90 valence electrons. The maximum atomic E-state index is 11.1. The van der Waals surface area contributed by atoms with Gasteiger partial charge in [0.05, 0.1) is 10.1 Å². The Balaban J connectivity index is 3.66. The van der Waals surface area contributed by atoms with Gasteiger partial charge in [0.1, 0.15) is 0 Å². The molecular formula is C8H17N2O4S-. The zero-order valence-electron chi connectivity index (χ0n) is 9.16. The lowest BCUT2D eigenvalue weighted by Crippen LogP contribution is -2.46. The first kappa shape index (κ1) is 14.2. The lowest BCUT2D eigenvalue weighted by atomic mass is 10.1. The minimum absolute atomic E-state index is 0.128. The van der Waals surface area contributed by atoms with Crippen molar-refractivity contribution in [2.75, 3.05) is 12.3 Å². The fourth-order valence-corrected chi connectivity index (χ4v) is 1.33. The first-order valence-electron chi connectivity index (χ1n) is 4.60. The molecule has 0 aromatic rings. The van der Waals surface area contributed by atoms with Crippen molar-refractivity contribution >= 4 is 16.1 Å². The van der Waals surface area contributed by atoms with Gasteiger partial charge in [-0.2, -0.15) is 0 Å². The molecule has 0 rings (SSSR count). The van der Waals surface area contributed by atoms with Gasteiger partial charge in [0.2, 0.25) is 0 Å². The van der Waals surface area contributed by atoms with Crippen LogP contribution in [-0.4, -0.2) is 36.8 Å². The van der Waals surface area contributed by atoms with Gasteiger partial charge in [0.15, 0.2) is 0 Å². The molecule has 0 aliphatic heterocycles. The van der Waals surface area contributed by atoms with Crippen LogP contribution in [0.1, 0.15) is 27.2 Å². The summed E-state index contributed by atoms with van der Waals surface area (Å²) in [6, 6.07) is -0.370. The van der Waals surface area contributed by atoms with Crippen LogP contribution in [0.25, 0.3) is 0 Å². The van der Waals surface area contributed by atoms with Gasteiger partial charge in [0.25, 0.3) is 0 Å². The van der Waals surface area contributed by atoms with Crippen LogP contribution < -0.4 is 10.6 Å². The van der Waals surface area contributed by atoms with Gasteiger partial charge >= 0.3 is 6.03 Å². The number of carbonyl (C=O) groups is 1.